The number of aryl methyl sites for hydroxylation is 1. The Morgan fingerprint density at radius 2 is 2.00 bits per heavy atom. The molecule has 0 bridgehead atoms. The van der Waals surface area contributed by atoms with Crippen LogP contribution in [0.5, 0.6) is 0 Å². The van der Waals surface area contributed by atoms with E-state index in [9.17, 15) is 14.4 Å². The van der Waals surface area contributed by atoms with E-state index in [2.05, 4.69) is 21.3 Å². The lowest BCUT2D eigenvalue weighted by Crippen LogP contribution is -2.54. The van der Waals surface area contributed by atoms with E-state index in [1.54, 1.807) is 0 Å². The summed E-state index contributed by atoms with van der Waals surface area (Å²) in [6, 6.07) is 8.99. The van der Waals surface area contributed by atoms with Crippen molar-refractivity contribution in [2.24, 2.45) is 5.92 Å². The van der Waals surface area contributed by atoms with Gasteiger partial charge in [0.15, 0.2) is 6.17 Å². The summed E-state index contributed by atoms with van der Waals surface area (Å²) in [4.78, 5) is 37.7. The van der Waals surface area contributed by atoms with E-state index in [0.717, 1.165) is 12.0 Å². The average Bonchev–Trinajstić information content (AvgIpc) is 3.28. The van der Waals surface area contributed by atoms with Gasteiger partial charge >= 0.3 is 0 Å². The highest BCUT2D eigenvalue weighted by molar-refractivity contribution is 6.00. The van der Waals surface area contributed by atoms with Crippen LogP contribution in [0.25, 0.3) is 0 Å². The van der Waals surface area contributed by atoms with Crippen LogP contribution in [0.2, 0.25) is 0 Å². The number of hydrogen-bond donors (Lipinski definition) is 4. The standard InChI is InChI=1S/C23H30N4O4/c1-15(2)13-17(25-20(28)11-10-16-7-4-3-5-8-16)22(29)26-18-14-24-21(27-23(18)30)19-9-6-12-31-19/h3-5,7-9,14-15,17,21,24H,6,10-13H2,1-2H3,(H,25,28)(H,26,29)(H,27,30)/t17-,21?/m0/s1. The normalized spacial score (nSPS) is 18.8. The van der Waals surface area contributed by atoms with Gasteiger partial charge in [-0.05, 0) is 30.4 Å². The Morgan fingerprint density at radius 3 is 2.65 bits per heavy atom. The summed E-state index contributed by atoms with van der Waals surface area (Å²) in [5, 5.41) is 11.2. The number of rotatable bonds is 9. The lowest BCUT2D eigenvalue weighted by atomic mass is 10.0. The number of ether oxygens (including phenoxy) is 1. The van der Waals surface area contributed by atoms with Crippen LogP contribution in [-0.4, -0.2) is 36.5 Å². The maximum Gasteiger partial charge on any atom is 0.271 e. The number of benzene rings is 1. The molecule has 3 amide bonds. The molecule has 1 aromatic rings. The Balaban J connectivity index is 1.56. The molecule has 3 rings (SSSR count). The largest absolute Gasteiger partial charge is 0.494 e. The maximum atomic E-state index is 12.8. The first kappa shape index (κ1) is 22.4. The highest BCUT2D eigenvalue weighted by Gasteiger charge is 2.29. The summed E-state index contributed by atoms with van der Waals surface area (Å²) in [6.45, 7) is 4.55. The Labute approximate surface area is 182 Å². The van der Waals surface area contributed by atoms with Gasteiger partial charge in [0.05, 0.1) is 6.61 Å². The molecular formula is C23H30N4O4. The minimum atomic E-state index is -0.726. The van der Waals surface area contributed by atoms with Crippen LogP contribution in [0, 0.1) is 5.92 Å². The molecule has 2 heterocycles. The second-order valence-corrected chi connectivity index (χ2v) is 8.10. The van der Waals surface area contributed by atoms with Crippen LogP contribution in [0.3, 0.4) is 0 Å². The van der Waals surface area contributed by atoms with Gasteiger partial charge in [-0.25, -0.2) is 0 Å². The van der Waals surface area contributed by atoms with Crippen molar-refractivity contribution >= 4 is 17.7 Å². The van der Waals surface area contributed by atoms with Crippen molar-refractivity contribution in [2.45, 2.75) is 51.7 Å². The number of carbonyl (C=O) groups excluding carboxylic acids is 3. The molecule has 31 heavy (non-hydrogen) atoms. The molecule has 0 radical (unpaired) electrons. The molecule has 8 nitrogen and oxygen atoms in total. The summed E-state index contributed by atoms with van der Waals surface area (Å²) in [5.41, 5.74) is 1.17. The summed E-state index contributed by atoms with van der Waals surface area (Å²) < 4.78 is 5.46. The molecule has 166 valence electrons. The first-order chi connectivity index (χ1) is 14.9. The van der Waals surface area contributed by atoms with Gasteiger partial charge in [0.25, 0.3) is 5.91 Å². The molecule has 0 aliphatic carbocycles. The smallest absolute Gasteiger partial charge is 0.271 e. The SMILES string of the molecule is CC(C)C[C@H](NC(=O)CCc1ccccc1)C(=O)NC1=CNC(C2=CCCO2)NC1=O. The number of nitrogens with one attached hydrogen (secondary N) is 4. The molecule has 2 aliphatic rings. The molecule has 0 saturated carbocycles. The maximum absolute atomic E-state index is 12.8. The summed E-state index contributed by atoms with van der Waals surface area (Å²) in [7, 11) is 0. The van der Waals surface area contributed by atoms with Gasteiger partial charge in [0.2, 0.25) is 11.8 Å². The Bertz CT molecular complexity index is 864. The Hall–Kier alpha value is -3.29. The third-order valence-corrected chi connectivity index (χ3v) is 5.03. The molecule has 0 spiro atoms. The van der Waals surface area contributed by atoms with Crippen molar-refractivity contribution in [1.29, 1.82) is 0 Å². The van der Waals surface area contributed by atoms with Crippen LogP contribution >= 0.6 is 0 Å². The summed E-state index contributed by atoms with van der Waals surface area (Å²) >= 11 is 0. The highest BCUT2D eigenvalue weighted by Crippen LogP contribution is 2.14. The van der Waals surface area contributed by atoms with Crippen molar-refractivity contribution in [2.75, 3.05) is 6.61 Å². The van der Waals surface area contributed by atoms with Crippen molar-refractivity contribution in [3.8, 4) is 0 Å². The number of hydrogen-bond acceptors (Lipinski definition) is 5. The van der Waals surface area contributed by atoms with Crippen LogP contribution in [0.15, 0.2) is 54.1 Å². The molecule has 0 aromatic heterocycles. The van der Waals surface area contributed by atoms with Gasteiger partial charge in [0, 0.05) is 19.0 Å². The van der Waals surface area contributed by atoms with Gasteiger partial charge in [-0.2, -0.15) is 0 Å². The Kier molecular flexibility index (Phi) is 7.70. The van der Waals surface area contributed by atoms with E-state index < -0.39 is 24.0 Å². The van der Waals surface area contributed by atoms with E-state index in [4.69, 9.17) is 4.74 Å². The van der Waals surface area contributed by atoms with Crippen molar-refractivity contribution in [1.82, 2.24) is 21.3 Å². The minimum absolute atomic E-state index is 0.104. The molecular weight excluding hydrogens is 396 g/mol. The third kappa shape index (κ3) is 6.60. The monoisotopic (exact) mass is 426 g/mol. The van der Waals surface area contributed by atoms with Crippen molar-refractivity contribution in [3.05, 3.63) is 59.6 Å². The first-order valence-corrected chi connectivity index (χ1v) is 10.7. The minimum Gasteiger partial charge on any atom is -0.494 e. The fraction of sp³-hybridized carbons (Fsp3) is 0.435. The molecule has 1 unspecified atom stereocenters. The molecule has 0 fully saturated rings. The highest BCUT2D eigenvalue weighted by atomic mass is 16.5. The first-order valence-electron chi connectivity index (χ1n) is 10.7. The van der Waals surface area contributed by atoms with Gasteiger partial charge in [-0.3, -0.25) is 14.4 Å². The summed E-state index contributed by atoms with van der Waals surface area (Å²) in [5.74, 6) is -0.172. The van der Waals surface area contributed by atoms with E-state index in [-0.39, 0.29) is 23.9 Å². The summed E-state index contributed by atoms with van der Waals surface area (Å²) in [6.07, 6.45) is 5.09. The molecule has 1 aromatic carbocycles. The second-order valence-electron chi connectivity index (χ2n) is 8.10. The van der Waals surface area contributed by atoms with Crippen LogP contribution in [0.1, 0.15) is 38.7 Å². The number of amides is 3. The second kappa shape index (κ2) is 10.7. The van der Waals surface area contributed by atoms with Gasteiger partial charge in [0.1, 0.15) is 17.5 Å². The zero-order valence-corrected chi connectivity index (χ0v) is 17.9. The quantitative estimate of drug-likeness (QED) is 0.478. The topological polar surface area (TPSA) is 109 Å². The zero-order valence-electron chi connectivity index (χ0n) is 17.9. The Morgan fingerprint density at radius 1 is 1.23 bits per heavy atom. The molecule has 8 heteroatoms. The van der Waals surface area contributed by atoms with E-state index in [1.807, 2.05) is 50.3 Å². The fourth-order valence-electron chi connectivity index (χ4n) is 3.46. The average molecular weight is 427 g/mol. The van der Waals surface area contributed by atoms with E-state index >= 15 is 0 Å². The van der Waals surface area contributed by atoms with Crippen LogP contribution in [0.4, 0.5) is 0 Å². The molecule has 4 N–H and O–H groups in total. The molecule has 2 atom stereocenters. The van der Waals surface area contributed by atoms with Gasteiger partial charge < -0.3 is 26.0 Å². The van der Waals surface area contributed by atoms with E-state index in [1.165, 1.54) is 6.20 Å². The van der Waals surface area contributed by atoms with Gasteiger partial charge in [-0.1, -0.05) is 44.2 Å². The lowest BCUT2D eigenvalue weighted by molar-refractivity contribution is -0.129. The molecule has 0 saturated heterocycles. The van der Waals surface area contributed by atoms with E-state index in [0.29, 0.717) is 25.2 Å². The zero-order chi connectivity index (χ0) is 22.2. The predicted octanol–water partition coefficient (Wildman–Crippen LogP) is 1.46. The fourth-order valence-corrected chi connectivity index (χ4v) is 3.46. The predicted molar refractivity (Wildman–Crippen MR) is 116 cm³/mol. The lowest BCUT2D eigenvalue weighted by Gasteiger charge is -2.27. The molecule has 2 aliphatic heterocycles. The van der Waals surface area contributed by atoms with Crippen molar-refractivity contribution in [3.63, 3.8) is 0 Å². The van der Waals surface area contributed by atoms with Gasteiger partial charge in [-0.15, -0.1) is 0 Å². The number of carbonyl (C=O) groups is 3. The van der Waals surface area contributed by atoms with Crippen LogP contribution < -0.4 is 21.3 Å². The van der Waals surface area contributed by atoms with Crippen LogP contribution in [-0.2, 0) is 25.5 Å². The third-order valence-electron chi connectivity index (χ3n) is 5.03. The van der Waals surface area contributed by atoms with Crippen molar-refractivity contribution < 1.29 is 19.1 Å².